The second kappa shape index (κ2) is 54.9. The fourth-order valence-corrected chi connectivity index (χ4v) is 18.2. The first-order valence-electron chi connectivity index (χ1n) is 49.5. The van der Waals surface area contributed by atoms with Crippen molar-refractivity contribution in [1.29, 1.82) is 0 Å². The molecule has 0 heterocycles. The first-order valence-corrected chi connectivity index (χ1v) is 77.5. The summed E-state index contributed by atoms with van der Waals surface area (Å²) in [5, 5.41) is 0. The van der Waals surface area contributed by atoms with E-state index < -0.39 is 64.6 Å². The highest BCUT2D eigenvalue weighted by Gasteiger charge is 2.21. The van der Waals surface area contributed by atoms with Gasteiger partial charge in [0.1, 0.15) is 64.6 Å². The standard InChI is InChI=1S/C118H166Si8/c1-29-33-37-41-45-49-53-57-61-99-89-107(73-81-119(5,6)7)115(108(90-99)74-82-120(8,9)10)69-65-103-97-105(67-71-117-111(77-85-123(17,18)19)93-101(94-112(117)78-86-124(20,21)22)63-59-55-51-47-43-39-35-31-3)106(68-72-118-113(79-87-125(23,24)25)95-102(96-114(118)80-88-126(26,27)28)64-60-56-52-48-44-40-36-32-4)98-104(103)66-70-116-109(75-83-121(11,12)13)91-100(92-110(116)76-84-122(14,15)16)62-58-54-50-46-42-38-34-30-2/h89-98H,29-64H2,1-28H3. The van der Waals surface area contributed by atoms with Crippen LogP contribution < -0.4 is 0 Å². The van der Waals surface area contributed by atoms with Gasteiger partial charge in [-0.1, -0.05) is 459 Å². The van der Waals surface area contributed by atoms with Crippen molar-refractivity contribution in [3.63, 3.8) is 0 Å². The van der Waals surface area contributed by atoms with Crippen molar-refractivity contribution in [3.8, 4) is 139 Å². The summed E-state index contributed by atoms with van der Waals surface area (Å²) in [7, 11) is -15.3. The van der Waals surface area contributed by atoms with Crippen molar-refractivity contribution < 1.29 is 0 Å². The van der Waals surface area contributed by atoms with Crippen molar-refractivity contribution in [2.75, 3.05) is 0 Å². The van der Waals surface area contributed by atoms with Crippen LogP contribution in [0.15, 0.2) is 60.7 Å². The Morgan fingerprint density at radius 2 is 0.270 bits per heavy atom. The molecule has 0 atom stereocenters. The Labute approximate surface area is 785 Å². The van der Waals surface area contributed by atoms with Gasteiger partial charge in [0.2, 0.25) is 0 Å². The first kappa shape index (κ1) is 109. The van der Waals surface area contributed by atoms with Crippen molar-refractivity contribution >= 4 is 64.6 Å². The fourth-order valence-electron chi connectivity index (χ4n) is 14.1. The Kier molecular flexibility index (Phi) is 47.5. The number of aryl methyl sites for hydroxylation is 4. The highest BCUT2D eigenvalue weighted by Crippen LogP contribution is 2.29. The lowest BCUT2D eigenvalue weighted by atomic mass is 9.92. The van der Waals surface area contributed by atoms with Gasteiger partial charge in [0, 0.05) is 66.8 Å². The Bertz CT molecular complexity index is 4360. The van der Waals surface area contributed by atoms with Crippen LogP contribution in [0.2, 0.25) is 157 Å². The second-order valence-electron chi connectivity index (χ2n) is 44.1. The van der Waals surface area contributed by atoms with E-state index in [9.17, 15) is 0 Å². The van der Waals surface area contributed by atoms with Crippen LogP contribution in [0.25, 0.3) is 0 Å². The van der Waals surface area contributed by atoms with E-state index in [-0.39, 0.29) is 0 Å². The minimum atomic E-state index is -1.91. The summed E-state index contributed by atoms with van der Waals surface area (Å²) in [4.78, 5) is 0. The highest BCUT2D eigenvalue weighted by atomic mass is 28.3. The fraction of sp³-hybridized carbons (Fsp3) is 0.542. The third-order valence-electron chi connectivity index (χ3n) is 21.1. The molecule has 0 saturated carbocycles. The first-order chi connectivity index (χ1) is 59.3. The molecule has 0 radical (unpaired) electrons. The molecule has 0 amide bonds. The van der Waals surface area contributed by atoms with Crippen LogP contribution in [0, 0.1) is 139 Å². The number of hydrogen-bond donors (Lipinski definition) is 0. The van der Waals surface area contributed by atoms with E-state index in [1.165, 1.54) is 202 Å². The molecule has 5 aromatic carbocycles. The maximum Gasteiger partial charge on any atom is 0.129 e. The normalized spacial score (nSPS) is 11.4. The minimum absolute atomic E-state index is 0.733. The summed E-state index contributed by atoms with van der Waals surface area (Å²) >= 11 is 0. The van der Waals surface area contributed by atoms with Crippen LogP contribution >= 0.6 is 0 Å². The maximum absolute atomic E-state index is 3.93. The van der Waals surface area contributed by atoms with Crippen molar-refractivity contribution in [3.05, 3.63) is 172 Å². The van der Waals surface area contributed by atoms with Crippen molar-refractivity contribution in [2.45, 2.75) is 416 Å². The molecule has 126 heavy (non-hydrogen) atoms. The maximum atomic E-state index is 3.93. The molecule has 0 bridgehead atoms. The lowest BCUT2D eigenvalue weighted by Crippen LogP contribution is -2.16. The molecule has 0 spiro atoms. The molecule has 0 nitrogen and oxygen atoms in total. The Hall–Kier alpha value is -7.44. The molecular formula is C118H166Si8. The summed E-state index contributed by atoms with van der Waals surface area (Å²) in [6.07, 6.45) is 44.3. The summed E-state index contributed by atoms with van der Waals surface area (Å²) < 4.78 is 0. The topological polar surface area (TPSA) is 0 Å². The molecule has 5 rings (SSSR count). The van der Waals surface area contributed by atoms with E-state index >= 15 is 0 Å². The molecule has 0 aliphatic heterocycles. The lowest BCUT2D eigenvalue weighted by molar-refractivity contribution is 0.575. The predicted octanol–water partition coefficient (Wildman–Crippen LogP) is 31.8. The van der Waals surface area contributed by atoms with Crippen molar-refractivity contribution in [1.82, 2.24) is 0 Å². The van der Waals surface area contributed by atoms with Crippen LogP contribution in [0.1, 0.15) is 344 Å². The third-order valence-corrected chi connectivity index (χ3v) is 28.1. The molecule has 0 saturated heterocycles. The number of hydrogen-bond acceptors (Lipinski definition) is 0. The highest BCUT2D eigenvalue weighted by molar-refractivity contribution is 6.86. The smallest absolute Gasteiger partial charge is 0.127 e. The van der Waals surface area contributed by atoms with Gasteiger partial charge >= 0.3 is 0 Å². The largest absolute Gasteiger partial charge is 0.129 e. The number of benzene rings is 5. The van der Waals surface area contributed by atoms with E-state index in [4.69, 9.17) is 0 Å². The number of unbranched alkanes of at least 4 members (excludes halogenated alkanes) is 28. The predicted molar refractivity (Wildman–Crippen MR) is 583 cm³/mol. The zero-order valence-electron chi connectivity index (χ0n) is 85.2. The zero-order chi connectivity index (χ0) is 93.0. The second-order valence-corrected chi connectivity index (χ2v) is 82.1. The lowest BCUT2D eigenvalue weighted by Gasteiger charge is -2.11. The average molecular weight is 1810 g/mol. The van der Waals surface area contributed by atoms with E-state index in [1.54, 1.807) is 0 Å². The van der Waals surface area contributed by atoms with Gasteiger partial charge in [0.25, 0.3) is 0 Å². The third kappa shape index (κ3) is 47.7. The SMILES string of the molecule is CCCCCCCCCCc1cc(C#C[Si](C)(C)C)c(C#Cc2cc(C#Cc3c(C#C[Si](C)(C)C)cc(CCCCCCCCCC)cc3C#C[Si](C)(C)C)c(C#Cc3c(C#C[Si](C)(C)C)cc(CCCCCCCCCC)cc3C#C[Si](C)(C)C)cc2C#Cc2c(C#C[Si](C)(C)C)cc(CCCCCCCCCC)cc2C#C[Si](C)(C)C)c(C#C[Si](C)(C)C)c1. The molecule has 8 heteroatoms. The molecule has 0 aromatic heterocycles. The molecule has 670 valence electrons. The zero-order valence-corrected chi connectivity index (χ0v) is 93.2. The van der Waals surface area contributed by atoms with Gasteiger partial charge in [-0.2, -0.15) is 0 Å². The van der Waals surface area contributed by atoms with Crippen LogP contribution in [0.5, 0.6) is 0 Å². The monoisotopic (exact) mass is 1810 g/mol. The summed E-state index contributed by atoms with van der Waals surface area (Å²) in [6.45, 7) is 65.2. The van der Waals surface area contributed by atoms with Gasteiger partial charge < -0.3 is 0 Å². The molecular weight excluding hydrogens is 1640 g/mol. The van der Waals surface area contributed by atoms with E-state index in [0.717, 1.165) is 140 Å². The van der Waals surface area contributed by atoms with Crippen LogP contribution in [-0.2, 0) is 25.7 Å². The summed E-state index contributed by atoms with van der Waals surface area (Å²) in [6, 6.07) is 23.2. The van der Waals surface area contributed by atoms with Crippen LogP contribution in [0.3, 0.4) is 0 Å². The minimum Gasteiger partial charge on any atom is -0.127 e. The van der Waals surface area contributed by atoms with E-state index in [1.807, 2.05) is 0 Å². The molecule has 0 unspecified atom stereocenters. The summed E-state index contributed by atoms with van der Waals surface area (Å²) in [5.74, 6) is 62.0. The van der Waals surface area contributed by atoms with Gasteiger partial charge in [-0.3, -0.25) is 0 Å². The van der Waals surface area contributed by atoms with Gasteiger partial charge in [-0.25, -0.2) is 0 Å². The quantitative estimate of drug-likeness (QED) is 0.0213. The molecule has 0 N–H and O–H groups in total. The number of rotatable bonds is 36. The van der Waals surface area contributed by atoms with Crippen LogP contribution in [-0.4, -0.2) is 64.6 Å². The molecule has 0 fully saturated rings. The van der Waals surface area contributed by atoms with Gasteiger partial charge in [-0.15, -0.1) is 44.3 Å². The van der Waals surface area contributed by atoms with Crippen molar-refractivity contribution in [2.24, 2.45) is 0 Å². The molecule has 0 aliphatic rings. The average Bonchev–Trinajstić information content (AvgIpc) is 0.798. The molecule has 5 aromatic rings. The van der Waals surface area contributed by atoms with Gasteiger partial charge in [-0.05, 0) is 134 Å². The van der Waals surface area contributed by atoms with E-state index in [2.05, 4.69) is 385 Å². The summed E-state index contributed by atoms with van der Waals surface area (Å²) in [5.41, 5.74) is 49.5. The Morgan fingerprint density at radius 3 is 0.397 bits per heavy atom. The van der Waals surface area contributed by atoms with E-state index in [0.29, 0.717) is 0 Å². The van der Waals surface area contributed by atoms with Gasteiger partial charge in [0.15, 0.2) is 0 Å². The Morgan fingerprint density at radius 1 is 0.143 bits per heavy atom. The molecule has 0 aliphatic carbocycles. The Balaban J connectivity index is 2.19. The van der Waals surface area contributed by atoms with Gasteiger partial charge in [0.05, 0.1) is 22.3 Å². The van der Waals surface area contributed by atoms with Crippen LogP contribution in [0.4, 0.5) is 0 Å².